The van der Waals surface area contributed by atoms with Crippen LogP contribution in [0.2, 0.25) is 0 Å². The van der Waals surface area contributed by atoms with Crippen molar-refractivity contribution < 1.29 is 24.8 Å². The molecule has 0 aliphatic rings. The fourth-order valence-electron chi connectivity index (χ4n) is 2.35. The maximum Gasteiger partial charge on any atom is 0.342 e. The van der Waals surface area contributed by atoms with E-state index in [9.17, 15) is 4.79 Å². The molecule has 0 aliphatic heterocycles. The highest BCUT2D eigenvalue weighted by molar-refractivity contribution is 5.68. The van der Waals surface area contributed by atoms with E-state index >= 15 is 0 Å². The third kappa shape index (κ3) is 19.2. The van der Waals surface area contributed by atoms with Crippen LogP contribution in [0.1, 0.15) is 84.0 Å². The molecule has 0 aromatic carbocycles. The summed E-state index contributed by atoms with van der Waals surface area (Å²) < 4.78 is 0. The van der Waals surface area contributed by atoms with Gasteiger partial charge in [-0.2, -0.15) is 4.89 Å². The molecular formula is C21H38O5. The summed E-state index contributed by atoms with van der Waals surface area (Å²) in [5.41, 5.74) is 0. The molecule has 0 saturated heterocycles. The Morgan fingerprint density at radius 3 is 2.19 bits per heavy atom. The number of hydrogen-bond donors (Lipinski definition) is 2. The number of allylic oxidation sites excluding steroid dienone is 4. The number of unbranched alkanes of at least 4 members (excludes halogenated alkanes) is 8. The van der Waals surface area contributed by atoms with Crippen LogP contribution < -0.4 is 0 Å². The minimum absolute atomic E-state index is 0.204. The molecule has 0 aromatic rings. The number of aliphatic hydroxyl groups excluding tert-OH is 2. The van der Waals surface area contributed by atoms with E-state index in [1.165, 1.54) is 38.5 Å². The Morgan fingerprint density at radius 2 is 1.54 bits per heavy atom. The van der Waals surface area contributed by atoms with Crippen LogP contribution >= 0.6 is 0 Å². The van der Waals surface area contributed by atoms with E-state index in [0.717, 1.165) is 32.1 Å². The minimum atomic E-state index is -1.02. The number of hydrogen-bond acceptors (Lipinski definition) is 5. The fourth-order valence-corrected chi connectivity index (χ4v) is 2.35. The molecule has 1 atom stereocenters. The topological polar surface area (TPSA) is 76.0 Å². The summed E-state index contributed by atoms with van der Waals surface area (Å²) in [6.07, 6.45) is 20.8. The van der Waals surface area contributed by atoms with E-state index in [1.807, 2.05) is 0 Å². The van der Waals surface area contributed by atoms with Gasteiger partial charge in [0.25, 0.3) is 0 Å². The average Bonchev–Trinajstić information content (AvgIpc) is 2.64. The maximum atomic E-state index is 11.3. The van der Waals surface area contributed by atoms with Gasteiger partial charge in [0, 0.05) is 6.42 Å². The van der Waals surface area contributed by atoms with E-state index in [0.29, 0.717) is 6.42 Å². The lowest BCUT2D eigenvalue weighted by atomic mass is 10.1. The summed E-state index contributed by atoms with van der Waals surface area (Å²) in [4.78, 5) is 20.4. The maximum absolute atomic E-state index is 11.3. The molecule has 0 radical (unpaired) electrons. The van der Waals surface area contributed by atoms with Crippen molar-refractivity contribution in [3.05, 3.63) is 24.3 Å². The number of rotatable bonds is 18. The van der Waals surface area contributed by atoms with Gasteiger partial charge in [0.15, 0.2) is 0 Å². The molecule has 0 aromatic heterocycles. The molecule has 0 aliphatic carbocycles. The van der Waals surface area contributed by atoms with Crippen molar-refractivity contribution in [1.29, 1.82) is 0 Å². The Kier molecular flexibility index (Phi) is 19.2. The van der Waals surface area contributed by atoms with Crippen molar-refractivity contribution in [2.45, 2.75) is 90.1 Å². The molecule has 0 bridgehead atoms. The summed E-state index contributed by atoms with van der Waals surface area (Å²) in [5.74, 6) is -0.430. The summed E-state index contributed by atoms with van der Waals surface area (Å²) in [7, 11) is 0. The lowest BCUT2D eigenvalue weighted by molar-refractivity contribution is -0.282. The normalized spacial score (nSPS) is 12.9. The van der Waals surface area contributed by atoms with Crippen LogP contribution in [0.15, 0.2) is 24.3 Å². The lowest BCUT2D eigenvalue weighted by Gasteiger charge is -2.06. The van der Waals surface area contributed by atoms with E-state index in [1.54, 1.807) is 0 Å². The first-order valence-corrected chi connectivity index (χ1v) is 10.1. The highest BCUT2D eigenvalue weighted by Crippen LogP contribution is 2.08. The van der Waals surface area contributed by atoms with Gasteiger partial charge in [0.2, 0.25) is 0 Å². The van der Waals surface area contributed by atoms with Crippen LogP contribution in [0.4, 0.5) is 0 Å². The van der Waals surface area contributed by atoms with Gasteiger partial charge in [-0.1, -0.05) is 63.3 Å². The van der Waals surface area contributed by atoms with Crippen LogP contribution in [0.25, 0.3) is 0 Å². The SMILES string of the molecule is CCCCC/C=C\C/C=C\CCCCCCCC(=O)OOCC(O)CO. The second kappa shape index (κ2) is 20.1. The molecule has 0 heterocycles. The molecule has 0 spiro atoms. The van der Waals surface area contributed by atoms with Gasteiger partial charge in [-0.05, 0) is 38.5 Å². The first kappa shape index (κ1) is 24.8. The molecule has 2 N–H and O–H groups in total. The van der Waals surface area contributed by atoms with Gasteiger partial charge in [-0.3, -0.25) is 4.89 Å². The largest absolute Gasteiger partial charge is 0.394 e. The van der Waals surface area contributed by atoms with Crippen LogP contribution in [0.3, 0.4) is 0 Å². The third-order valence-electron chi connectivity index (χ3n) is 3.95. The molecule has 1 unspecified atom stereocenters. The fraction of sp³-hybridized carbons (Fsp3) is 0.762. The predicted molar refractivity (Wildman–Crippen MR) is 104 cm³/mol. The number of carbonyl (C=O) groups is 1. The summed E-state index contributed by atoms with van der Waals surface area (Å²) in [5, 5.41) is 17.6. The standard InChI is InChI=1S/C21H38O5/c1-2-3-4-5-6-7-8-9-10-11-12-13-14-15-16-17-21(24)26-25-19-20(23)18-22/h6-7,9-10,20,22-23H,2-5,8,11-19H2,1H3/b7-6-,10-9-. The molecule has 5 heteroatoms. The molecule has 5 nitrogen and oxygen atoms in total. The summed E-state index contributed by atoms with van der Waals surface area (Å²) >= 11 is 0. The van der Waals surface area contributed by atoms with Crippen molar-refractivity contribution in [3.8, 4) is 0 Å². The molecular weight excluding hydrogens is 332 g/mol. The van der Waals surface area contributed by atoms with Crippen LogP contribution in [-0.2, 0) is 14.6 Å². The molecule has 152 valence electrons. The lowest BCUT2D eigenvalue weighted by Crippen LogP contribution is -2.20. The Balaban J connectivity index is 3.30. The van der Waals surface area contributed by atoms with Gasteiger partial charge in [0.05, 0.1) is 6.61 Å². The quantitative estimate of drug-likeness (QED) is 0.159. The smallest absolute Gasteiger partial charge is 0.342 e. The zero-order valence-corrected chi connectivity index (χ0v) is 16.4. The highest BCUT2D eigenvalue weighted by atomic mass is 17.2. The molecule has 0 amide bonds. The monoisotopic (exact) mass is 370 g/mol. The molecule has 0 rings (SSSR count). The molecule has 0 saturated carbocycles. The Labute approximate surface area is 159 Å². The first-order chi connectivity index (χ1) is 12.7. The second-order valence-corrected chi connectivity index (χ2v) is 6.56. The Morgan fingerprint density at radius 1 is 0.923 bits per heavy atom. The third-order valence-corrected chi connectivity index (χ3v) is 3.95. The summed E-state index contributed by atoms with van der Waals surface area (Å²) in [6, 6.07) is 0. The van der Waals surface area contributed by atoms with Crippen molar-refractivity contribution in [1.82, 2.24) is 0 Å². The highest BCUT2D eigenvalue weighted by Gasteiger charge is 2.07. The van der Waals surface area contributed by atoms with Crippen LogP contribution in [-0.4, -0.2) is 35.5 Å². The Hall–Kier alpha value is -1.17. The zero-order chi connectivity index (χ0) is 19.3. The van der Waals surface area contributed by atoms with Gasteiger partial charge >= 0.3 is 5.97 Å². The Bertz CT molecular complexity index is 365. The van der Waals surface area contributed by atoms with Gasteiger partial charge in [0.1, 0.15) is 12.7 Å². The van der Waals surface area contributed by atoms with Gasteiger partial charge < -0.3 is 10.2 Å². The second-order valence-electron chi connectivity index (χ2n) is 6.56. The van der Waals surface area contributed by atoms with Crippen molar-refractivity contribution in [2.24, 2.45) is 0 Å². The minimum Gasteiger partial charge on any atom is -0.394 e. The van der Waals surface area contributed by atoms with Gasteiger partial charge in [-0.25, -0.2) is 4.79 Å². The van der Waals surface area contributed by atoms with Crippen molar-refractivity contribution in [2.75, 3.05) is 13.2 Å². The van der Waals surface area contributed by atoms with Crippen molar-refractivity contribution >= 4 is 5.97 Å². The first-order valence-electron chi connectivity index (χ1n) is 10.1. The summed E-state index contributed by atoms with van der Waals surface area (Å²) in [6.45, 7) is 1.61. The van der Waals surface area contributed by atoms with Crippen LogP contribution in [0, 0.1) is 0 Å². The van der Waals surface area contributed by atoms with Gasteiger partial charge in [-0.15, -0.1) is 0 Å². The number of aliphatic hydroxyl groups is 2. The zero-order valence-electron chi connectivity index (χ0n) is 16.4. The van der Waals surface area contributed by atoms with E-state index in [2.05, 4.69) is 41.0 Å². The van der Waals surface area contributed by atoms with Crippen molar-refractivity contribution in [3.63, 3.8) is 0 Å². The van der Waals surface area contributed by atoms with E-state index in [4.69, 9.17) is 10.2 Å². The van der Waals surface area contributed by atoms with E-state index < -0.39 is 18.7 Å². The molecule has 26 heavy (non-hydrogen) atoms. The molecule has 0 fully saturated rings. The predicted octanol–water partition coefficient (Wildman–Crippen LogP) is 4.63. The number of carbonyl (C=O) groups excluding carboxylic acids is 1. The van der Waals surface area contributed by atoms with Crippen LogP contribution in [0.5, 0.6) is 0 Å². The van der Waals surface area contributed by atoms with E-state index in [-0.39, 0.29) is 6.61 Å². The average molecular weight is 371 g/mol.